The molecular formula is C20H22F3N5O2. The molecule has 4 rings (SSSR count). The summed E-state index contributed by atoms with van der Waals surface area (Å²) in [5, 5.41) is 7.31. The fourth-order valence-corrected chi connectivity index (χ4v) is 4.18. The van der Waals surface area contributed by atoms with Crippen LogP contribution < -0.4 is 10.7 Å². The lowest BCUT2D eigenvalue weighted by atomic mass is 9.81. The molecule has 10 heteroatoms. The summed E-state index contributed by atoms with van der Waals surface area (Å²) in [6.45, 7) is 3.76. The molecular weight excluding hydrogens is 399 g/mol. The molecule has 1 aliphatic rings. The van der Waals surface area contributed by atoms with Crippen LogP contribution in [0.25, 0.3) is 16.7 Å². The van der Waals surface area contributed by atoms with Crippen LogP contribution in [-0.2, 0) is 0 Å². The number of aromatic nitrogens is 4. The number of H-pyrrole nitrogens is 1. The van der Waals surface area contributed by atoms with E-state index in [1.807, 2.05) is 6.92 Å². The molecule has 0 radical (unpaired) electrons. The zero-order chi connectivity index (χ0) is 21.6. The normalized spacial score (nSPS) is 20.0. The Morgan fingerprint density at radius 3 is 2.63 bits per heavy atom. The summed E-state index contributed by atoms with van der Waals surface area (Å²) in [5.41, 5.74) is 1.77. The summed E-state index contributed by atoms with van der Waals surface area (Å²) in [7, 11) is 0. The summed E-state index contributed by atoms with van der Waals surface area (Å²) in [6, 6.07) is 1.79. The number of hydrogen-bond acceptors (Lipinski definition) is 4. The molecule has 0 aromatic carbocycles. The maximum atomic E-state index is 13.0. The fourth-order valence-electron chi connectivity index (χ4n) is 4.18. The third-order valence-electron chi connectivity index (χ3n) is 5.84. The molecule has 0 saturated heterocycles. The van der Waals surface area contributed by atoms with Gasteiger partial charge in [-0.1, -0.05) is 0 Å². The summed E-state index contributed by atoms with van der Waals surface area (Å²) in [6.07, 6.45) is -1.86. The maximum absolute atomic E-state index is 13.0. The van der Waals surface area contributed by atoms with E-state index in [9.17, 15) is 22.8 Å². The Bertz CT molecular complexity index is 1170. The van der Waals surface area contributed by atoms with Gasteiger partial charge in [0.15, 0.2) is 5.65 Å². The minimum Gasteiger partial charge on any atom is -0.352 e. The first-order valence-electron chi connectivity index (χ1n) is 9.88. The number of fused-ring (bicyclic) bond motifs is 3. The standard InChI is InChI=1S/C20H22F3N5O2/c1-10-7-15-26-11(2)16-17(29)14(9-24-18(16)28(15)27-10)19(30)25-8-12-3-5-13(6-4-12)20(21,22)23/h7,9,12-13H,3-6,8H2,1-2H3,(H,24,29)(H,25,30). The lowest BCUT2D eigenvalue weighted by molar-refractivity contribution is -0.183. The molecule has 2 N–H and O–H groups in total. The number of nitrogens with zero attached hydrogens (tertiary/aromatic N) is 3. The Morgan fingerprint density at radius 2 is 1.97 bits per heavy atom. The zero-order valence-corrected chi connectivity index (χ0v) is 16.6. The molecule has 30 heavy (non-hydrogen) atoms. The number of alkyl halides is 3. The Kier molecular flexibility index (Phi) is 5.03. The number of rotatable bonds is 3. The largest absolute Gasteiger partial charge is 0.391 e. The van der Waals surface area contributed by atoms with Gasteiger partial charge in [-0.25, -0.2) is 4.98 Å². The minimum atomic E-state index is -4.16. The second kappa shape index (κ2) is 7.41. The average Bonchev–Trinajstić information content (AvgIpc) is 3.06. The van der Waals surface area contributed by atoms with E-state index in [0.717, 1.165) is 5.69 Å². The number of halogens is 3. The van der Waals surface area contributed by atoms with E-state index in [2.05, 4.69) is 20.4 Å². The highest BCUT2D eigenvalue weighted by Gasteiger charge is 2.41. The summed E-state index contributed by atoms with van der Waals surface area (Å²) < 4.78 is 39.9. The van der Waals surface area contributed by atoms with Crippen LogP contribution in [0.5, 0.6) is 0 Å². The molecule has 3 aromatic heterocycles. The molecule has 1 saturated carbocycles. The van der Waals surface area contributed by atoms with Gasteiger partial charge >= 0.3 is 6.18 Å². The van der Waals surface area contributed by atoms with Gasteiger partial charge in [-0.05, 0) is 45.4 Å². The number of aryl methyl sites for hydroxylation is 2. The van der Waals surface area contributed by atoms with Crippen molar-refractivity contribution >= 4 is 22.6 Å². The molecule has 0 bridgehead atoms. The second-order valence-corrected chi connectivity index (χ2v) is 7.98. The van der Waals surface area contributed by atoms with Crippen LogP contribution in [0.1, 0.15) is 47.4 Å². The first-order chi connectivity index (χ1) is 14.1. The predicted molar refractivity (Wildman–Crippen MR) is 104 cm³/mol. The average molecular weight is 421 g/mol. The van der Waals surface area contributed by atoms with Gasteiger partial charge in [-0.2, -0.15) is 22.8 Å². The van der Waals surface area contributed by atoms with E-state index in [4.69, 9.17) is 0 Å². The Hall–Kier alpha value is -2.91. The van der Waals surface area contributed by atoms with E-state index in [1.54, 1.807) is 13.0 Å². The number of nitrogens with one attached hydrogen (secondary N) is 2. The number of carbonyl (C=O) groups excluding carboxylic acids is 1. The molecule has 1 aliphatic carbocycles. The van der Waals surface area contributed by atoms with Gasteiger partial charge in [-0.15, -0.1) is 0 Å². The monoisotopic (exact) mass is 421 g/mol. The first kappa shape index (κ1) is 20.4. The summed E-state index contributed by atoms with van der Waals surface area (Å²) in [4.78, 5) is 32.9. The molecule has 3 heterocycles. The minimum absolute atomic E-state index is 0.0258. The molecule has 0 aliphatic heterocycles. The molecule has 0 unspecified atom stereocenters. The first-order valence-corrected chi connectivity index (χ1v) is 9.88. The molecule has 160 valence electrons. The number of hydrogen-bond donors (Lipinski definition) is 2. The van der Waals surface area contributed by atoms with E-state index < -0.39 is 23.4 Å². The van der Waals surface area contributed by atoms with Gasteiger partial charge in [0.25, 0.3) is 5.91 Å². The topological polar surface area (TPSA) is 92.1 Å². The van der Waals surface area contributed by atoms with E-state index >= 15 is 0 Å². The van der Waals surface area contributed by atoms with Crippen LogP contribution >= 0.6 is 0 Å². The van der Waals surface area contributed by atoms with Crippen molar-refractivity contribution in [2.45, 2.75) is 45.7 Å². The van der Waals surface area contributed by atoms with Crippen molar-refractivity contribution in [3.05, 3.63) is 39.4 Å². The number of amides is 1. The van der Waals surface area contributed by atoms with Crippen molar-refractivity contribution in [1.29, 1.82) is 0 Å². The van der Waals surface area contributed by atoms with Crippen LogP contribution in [0, 0.1) is 25.7 Å². The molecule has 3 aromatic rings. The highest BCUT2D eigenvalue weighted by Crippen LogP contribution is 2.39. The van der Waals surface area contributed by atoms with E-state index in [1.165, 1.54) is 10.7 Å². The fraction of sp³-hybridized carbons (Fsp3) is 0.500. The maximum Gasteiger partial charge on any atom is 0.391 e. The van der Waals surface area contributed by atoms with Crippen LogP contribution in [0.3, 0.4) is 0 Å². The summed E-state index contributed by atoms with van der Waals surface area (Å²) >= 11 is 0. The number of pyridine rings is 1. The lowest BCUT2D eigenvalue weighted by Crippen LogP contribution is -2.36. The van der Waals surface area contributed by atoms with Gasteiger partial charge in [0.05, 0.1) is 22.7 Å². The second-order valence-electron chi connectivity index (χ2n) is 7.98. The van der Waals surface area contributed by atoms with E-state index in [0.29, 0.717) is 29.8 Å². The predicted octanol–water partition coefficient (Wildman–Crippen LogP) is 3.29. The van der Waals surface area contributed by atoms with Crippen LogP contribution in [0.2, 0.25) is 0 Å². The third-order valence-corrected chi connectivity index (χ3v) is 5.84. The van der Waals surface area contributed by atoms with Gasteiger partial charge in [-0.3, -0.25) is 9.59 Å². The smallest absolute Gasteiger partial charge is 0.352 e. The van der Waals surface area contributed by atoms with Crippen LogP contribution in [0.15, 0.2) is 17.1 Å². The van der Waals surface area contributed by atoms with Gasteiger partial charge in [0.2, 0.25) is 5.43 Å². The molecule has 0 atom stereocenters. The van der Waals surface area contributed by atoms with Crippen molar-refractivity contribution in [3.63, 3.8) is 0 Å². The Labute approximate surface area is 169 Å². The molecule has 7 nitrogen and oxygen atoms in total. The SMILES string of the molecule is Cc1cc2nc(C)c3c(=O)c(C(=O)NCC4CCC(C(F)(F)F)CC4)c[nH]c3n2n1. The lowest BCUT2D eigenvalue weighted by Gasteiger charge is -2.29. The van der Waals surface area contributed by atoms with Crippen LogP contribution in [-0.4, -0.2) is 38.2 Å². The Balaban J connectivity index is 1.52. The summed E-state index contributed by atoms with van der Waals surface area (Å²) in [5.74, 6) is -1.83. The zero-order valence-electron chi connectivity index (χ0n) is 16.6. The number of aromatic amines is 1. The van der Waals surface area contributed by atoms with Crippen molar-refractivity contribution in [1.82, 2.24) is 24.9 Å². The quantitative estimate of drug-likeness (QED) is 0.679. The number of carbonyl (C=O) groups is 1. The molecule has 1 fully saturated rings. The van der Waals surface area contributed by atoms with Gasteiger partial charge in [0.1, 0.15) is 11.2 Å². The van der Waals surface area contributed by atoms with Gasteiger partial charge < -0.3 is 10.3 Å². The van der Waals surface area contributed by atoms with Crippen molar-refractivity contribution in [3.8, 4) is 0 Å². The van der Waals surface area contributed by atoms with Crippen molar-refractivity contribution in [2.24, 2.45) is 11.8 Å². The molecule has 1 amide bonds. The highest BCUT2D eigenvalue weighted by atomic mass is 19.4. The van der Waals surface area contributed by atoms with Crippen molar-refractivity contribution in [2.75, 3.05) is 6.54 Å². The van der Waals surface area contributed by atoms with E-state index in [-0.39, 0.29) is 36.3 Å². The molecule has 0 spiro atoms. The van der Waals surface area contributed by atoms with Crippen LogP contribution in [0.4, 0.5) is 13.2 Å². The highest BCUT2D eigenvalue weighted by molar-refractivity contribution is 5.97. The van der Waals surface area contributed by atoms with Crippen molar-refractivity contribution < 1.29 is 18.0 Å². The third kappa shape index (κ3) is 3.66. The van der Waals surface area contributed by atoms with Gasteiger partial charge in [0, 0.05) is 18.8 Å². The Morgan fingerprint density at radius 1 is 1.27 bits per heavy atom.